The van der Waals surface area contributed by atoms with Crippen molar-refractivity contribution in [3.05, 3.63) is 51.7 Å². The summed E-state index contributed by atoms with van der Waals surface area (Å²) < 4.78 is 5.78. The van der Waals surface area contributed by atoms with Crippen molar-refractivity contribution >= 4 is 11.3 Å². The van der Waals surface area contributed by atoms with Crippen LogP contribution in [0.15, 0.2) is 35.7 Å². The van der Waals surface area contributed by atoms with E-state index in [-0.39, 0.29) is 6.10 Å². The van der Waals surface area contributed by atoms with Gasteiger partial charge in [-0.25, -0.2) is 0 Å². The van der Waals surface area contributed by atoms with Crippen LogP contribution in [0.4, 0.5) is 0 Å². The van der Waals surface area contributed by atoms with Crippen LogP contribution in [0.5, 0.6) is 5.75 Å². The molecule has 1 unspecified atom stereocenters. The van der Waals surface area contributed by atoms with E-state index in [1.165, 1.54) is 5.56 Å². The van der Waals surface area contributed by atoms with Crippen LogP contribution in [0.1, 0.15) is 42.9 Å². The topological polar surface area (TPSA) is 29.5 Å². The zero-order valence-corrected chi connectivity index (χ0v) is 12.4. The lowest BCUT2D eigenvalue weighted by atomic mass is 10.0. The van der Waals surface area contributed by atoms with Crippen molar-refractivity contribution in [2.75, 3.05) is 0 Å². The largest absolute Gasteiger partial charge is 0.491 e. The minimum Gasteiger partial charge on any atom is -0.491 e. The quantitative estimate of drug-likeness (QED) is 0.887. The average molecular weight is 276 g/mol. The predicted octanol–water partition coefficient (Wildman–Crippen LogP) is 4.18. The number of aryl methyl sites for hydroxylation is 1. The highest BCUT2D eigenvalue weighted by molar-refractivity contribution is 7.10. The summed E-state index contributed by atoms with van der Waals surface area (Å²) in [6, 6.07) is 9.79. The maximum atomic E-state index is 10.6. The molecule has 1 aromatic heterocycles. The van der Waals surface area contributed by atoms with E-state index >= 15 is 0 Å². The van der Waals surface area contributed by atoms with E-state index in [0.29, 0.717) is 0 Å². The summed E-state index contributed by atoms with van der Waals surface area (Å²) in [6.07, 6.45) is 0.426. The number of thiophene rings is 1. The van der Waals surface area contributed by atoms with Crippen molar-refractivity contribution in [3.63, 3.8) is 0 Å². The summed E-state index contributed by atoms with van der Waals surface area (Å²) >= 11 is 1.60. The molecule has 0 aliphatic carbocycles. The van der Waals surface area contributed by atoms with Crippen molar-refractivity contribution in [1.82, 2.24) is 0 Å². The lowest BCUT2D eigenvalue weighted by Gasteiger charge is -2.18. The number of rotatable bonds is 5. The molecule has 1 atom stereocenters. The van der Waals surface area contributed by atoms with E-state index < -0.39 is 6.10 Å². The molecule has 0 radical (unpaired) electrons. The SMILES string of the molecule is CCc1ccsc1C(O)c1ccccc1OC(C)C. The molecule has 2 rings (SSSR count). The van der Waals surface area contributed by atoms with Gasteiger partial charge in [-0.2, -0.15) is 0 Å². The molecule has 2 nitrogen and oxygen atoms in total. The Kier molecular flexibility index (Phi) is 4.61. The summed E-state index contributed by atoms with van der Waals surface area (Å²) in [5, 5.41) is 12.6. The first-order valence-electron chi connectivity index (χ1n) is 6.63. The molecule has 0 saturated carbocycles. The van der Waals surface area contributed by atoms with Gasteiger partial charge in [-0.15, -0.1) is 11.3 Å². The number of hydrogen-bond acceptors (Lipinski definition) is 3. The molecular formula is C16H20O2S. The standard InChI is InChI=1S/C16H20O2S/c1-4-12-9-10-19-16(12)15(17)13-7-5-6-8-14(13)18-11(2)3/h5-11,15,17H,4H2,1-3H3. The van der Waals surface area contributed by atoms with Crippen molar-refractivity contribution in [2.24, 2.45) is 0 Å². The fourth-order valence-electron chi connectivity index (χ4n) is 2.09. The van der Waals surface area contributed by atoms with Gasteiger partial charge in [0.25, 0.3) is 0 Å². The second-order valence-electron chi connectivity index (χ2n) is 4.77. The molecule has 19 heavy (non-hydrogen) atoms. The second kappa shape index (κ2) is 6.22. The Balaban J connectivity index is 2.36. The van der Waals surface area contributed by atoms with E-state index in [2.05, 4.69) is 13.0 Å². The third kappa shape index (κ3) is 3.17. The predicted molar refractivity (Wildman–Crippen MR) is 80.0 cm³/mol. The molecular weight excluding hydrogens is 256 g/mol. The van der Waals surface area contributed by atoms with Crippen molar-refractivity contribution in [1.29, 1.82) is 0 Å². The highest BCUT2D eigenvalue weighted by atomic mass is 32.1. The van der Waals surface area contributed by atoms with Gasteiger partial charge in [-0.3, -0.25) is 0 Å². The fraction of sp³-hybridized carbons (Fsp3) is 0.375. The van der Waals surface area contributed by atoms with Crippen LogP contribution in [0.25, 0.3) is 0 Å². The van der Waals surface area contributed by atoms with Crippen LogP contribution in [0.2, 0.25) is 0 Å². The normalized spacial score (nSPS) is 12.7. The smallest absolute Gasteiger partial charge is 0.125 e. The highest BCUT2D eigenvalue weighted by Gasteiger charge is 2.19. The van der Waals surface area contributed by atoms with Gasteiger partial charge >= 0.3 is 0 Å². The maximum absolute atomic E-state index is 10.6. The molecule has 0 fully saturated rings. The summed E-state index contributed by atoms with van der Waals surface area (Å²) in [7, 11) is 0. The molecule has 0 spiro atoms. The van der Waals surface area contributed by atoms with E-state index in [0.717, 1.165) is 22.6 Å². The molecule has 0 saturated heterocycles. The lowest BCUT2D eigenvalue weighted by Crippen LogP contribution is -2.10. The molecule has 1 aromatic carbocycles. The van der Waals surface area contributed by atoms with Gasteiger partial charge in [0, 0.05) is 10.4 Å². The van der Waals surface area contributed by atoms with Crippen LogP contribution in [-0.4, -0.2) is 11.2 Å². The Hall–Kier alpha value is -1.32. The summed E-state index contributed by atoms with van der Waals surface area (Å²) in [6.45, 7) is 6.09. The van der Waals surface area contributed by atoms with E-state index in [4.69, 9.17) is 4.74 Å². The zero-order chi connectivity index (χ0) is 13.8. The van der Waals surface area contributed by atoms with Crippen LogP contribution < -0.4 is 4.74 Å². The first-order valence-corrected chi connectivity index (χ1v) is 7.51. The summed E-state index contributed by atoms with van der Waals surface area (Å²) in [5.74, 6) is 0.764. The molecule has 0 aliphatic rings. The molecule has 0 bridgehead atoms. The van der Waals surface area contributed by atoms with Crippen LogP contribution in [0.3, 0.4) is 0 Å². The Morgan fingerprint density at radius 2 is 1.95 bits per heavy atom. The number of hydrogen-bond donors (Lipinski definition) is 1. The Labute approximate surface area is 118 Å². The fourth-order valence-corrected chi connectivity index (χ4v) is 3.09. The lowest BCUT2D eigenvalue weighted by molar-refractivity contribution is 0.200. The third-order valence-corrected chi connectivity index (χ3v) is 4.00. The van der Waals surface area contributed by atoms with Crippen molar-refractivity contribution in [3.8, 4) is 5.75 Å². The van der Waals surface area contributed by atoms with E-state index in [1.807, 2.05) is 43.5 Å². The molecule has 0 amide bonds. The Morgan fingerprint density at radius 1 is 1.21 bits per heavy atom. The third-order valence-electron chi connectivity index (χ3n) is 2.99. The first kappa shape index (κ1) is 14.1. The maximum Gasteiger partial charge on any atom is 0.125 e. The van der Waals surface area contributed by atoms with Crippen molar-refractivity contribution < 1.29 is 9.84 Å². The van der Waals surface area contributed by atoms with Gasteiger partial charge in [0.15, 0.2) is 0 Å². The average Bonchev–Trinajstić information content (AvgIpc) is 2.86. The number of aliphatic hydroxyl groups excluding tert-OH is 1. The molecule has 0 aliphatic heterocycles. The number of para-hydroxylation sites is 1. The van der Waals surface area contributed by atoms with Gasteiger partial charge < -0.3 is 9.84 Å². The summed E-state index contributed by atoms with van der Waals surface area (Å²) in [5.41, 5.74) is 2.05. The first-order chi connectivity index (χ1) is 9.13. The number of benzene rings is 1. The molecule has 1 N–H and O–H groups in total. The van der Waals surface area contributed by atoms with E-state index in [1.54, 1.807) is 11.3 Å². The molecule has 3 heteroatoms. The number of ether oxygens (including phenoxy) is 1. The minimum absolute atomic E-state index is 0.0994. The van der Waals surface area contributed by atoms with Crippen molar-refractivity contribution in [2.45, 2.75) is 39.4 Å². The van der Waals surface area contributed by atoms with Gasteiger partial charge in [0.05, 0.1) is 6.10 Å². The van der Waals surface area contributed by atoms with Crippen LogP contribution in [0, 0.1) is 0 Å². The van der Waals surface area contributed by atoms with Crippen LogP contribution in [-0.2, 0) is 6.42 Å². The van der Waals surface area contributed by atoms with Gasteiger partial charge in [-0.05, 0) is 43.3 Å². The molecule has 102 valence electrons. The molecule has 2 aromatic rings. The van der Waals surface area contributed by atoms with Gasteiger partial charge in [-0.1, -0.05) is 25.1 Å². The van der Waals surface area contributed by atoms with Gasteiger partial charge in [0.1, 0.15) is 11.9 Å². The number of aliphatic hydroxyl groups is 1. The Morgan fingerprint density at radius 3 is 2.63 bits per heavy atom. The minimum atomic E-state index is -0.607. The highest BCUT2D eigenvalue weighted by Crippen LogP contribution is 2.35. The summed E-state index contributed by atoms with van der Waals surface area (Å²) in [4.78, 5) is 1.02. The molecule has 1 heterocycles. The van der Waals surface area contributed by atoms with Gasteiger partial charge in [0.2, 0.25) is 0 Å². The zero-order valence-electron chi connectivity index (χ0n) is 11.6. The monoisotopic (exact) mass is 276 g/mol. The van der Waals surface area contributed by atoms with Crippen LogP contribution >= 0.6 is 11.3 Å². The Bertz CT molecular complexity index is 531. The van der Waals surface area contributed by atoms with E-state index in [9.17, 15) is 5.11 Å². The second-order valence-corrected chi connectivity index (χ2v) is 5.72.